The first-order chi connectivity index (χ1) is 12.1. The van der Waals surface area contributed by atoms with E-state index < -0.39 is 21.2 Å². The van der Waals surface area contributed by atoms with Gasteiger partial charge in [0.1, 0.15) is 5.75 Å². The molecular weight excluding hydrogens is 491 g/mol. The number of nitrogens with zero attached hydrogens (tertiary/aromatic N) is 2. The number of hydrogen-bond donors (Lipinski definition) is 1. The van der Waals surface area contributed by atoms with Gasteiger partial charge >= 0.3 is 6.61 Å². The first-order valence-corrected chi connectivity index (χ1v) is 10.1. The van der Waals surface area contributed by atoms with Crippen molar-refractivity contribution in [1.82, 2.24) is 10.2 Å². The fraction of sp³-hybridized carbons (Fsp3) is 0.588. The fourth-order valence-electron chi connectivity index (χ4n) is 2.74. The van der Waals surface area contributed by atoms with E-state index >= 15 is 0 Å². The van der Waals surface area contributed by atoms with E-state index in [1.807, 2.05) is 11.8 Å². The molecule has 1 aromatic carbocycles. The lowest BCUT2D eigenvalue weighted by molar-refractivity contribution is -0.0498. The summed E-state index contributed by atoms with van der Waals surface area (Å²) >= 11 is 0. The predicted octanol–water partition coefficient (Wildman–Crippen LogP) is 2.88. The van der Waals surface area contributed by atoms with Crippen LogP contribution in [0.4, 0.5) is 8.78 Å². The summed E-state index contributed by atoms with van der Waals surface area (Å²) in [6.45, 7) is 4.10. The molecule has 0 amide bonds. The van der Waals surface area contributed by atoms with E-state index in [9.17, 15) is 17.2 Å². The summed E-state index contributed by atoms with van der Waals surface area (Å²) in [7, 11) is -3.14. The van der Waals surface area contributed by atoms with E-state index in [1.165, 1.54) is 12.1 Å². The number of hydrogen-bond acceptors (Lipinski definition) is 4. The third kappa shape index (κ3) is 6.44. The highest BCUT2D eigenvalue weighted by Crippen LogP contribution is 2.24. The van der Waals surface area contributed by atoms with Crippen molar-refractivity contribution in [2.75, 3.05) is 25.4 Å². The van der Waals surface area contributed by atoms with Gasteiger partial charge in [0.15, 0.2) is 15.8 Å². The van der Waals surface area contributed by atoms with Crippen LogP contribution in [0.15, 0.2) is 29.3 Å². The van der Waals surface area contributed by atoms with E-state index in [0.717, 1.165) is 5.56 Å². The molecule has 0 unspecified atom stereocenters. The molecule has 0 aromatic heterocycles. The minimum atomic E-state index is -3.14. The number of ether oxygens (including phenoxy) is 1. The molecule has 1 fully saturated rings. The number of benzene rings is 1. The maximum atomic E-state index is 12.3. The van der Waals surface area contributed by atoms with Crippen molar-refractivity contribution in [3.05, 3.63) is 29.8 Å². The molecule has 0 spiro atoms. The summed E-state index contributed by atoms with van der Waals surface area (Å²) in [5, 5.41) is 3.16. The zero-order valence-corrected chi connectivity index (χ0v) is 18.8. The second-order valence-electron chi connectivity index (χ2n) is 6.70. The molecule has 10 heteroatoms. The number of guanidine groups is 1. The Balaban J connectivity index is 0.00000364. The van der Waals surface area contributed by atoms with Gasteiger partial charge in [0.2, 0.25) is 0 Å². The van der Waals surface area contributed by atoms with Crippen LogP contribution in [0.5, 0.6) is 5.75 Å². The Labute approximate surface area is 176 Å². The number of halogens is 3. The van der Waals surface area contributed by atoms with Crippen LogP contribution < -0.4 is 10.1 Å². The number of nitrogens with one attached hydrogen (secondary N) is 1. The van der Waals surface area contributed by atoms with Crippen molar-refractivity contribution in [1.29, 1.82) is 0 Å². The highest BCUT2D eigenvalue weighted by atomic mass is 127. The maximum Gasteiger partial charge on any atom is 0.387 e. The second kappa shape index (κ2) is 9.85. The van der Waals surface area contributed by atoms with Crippen molar-refractivity contribution < 1.29 is 21.9 Å². The lowest BCUT2D eigenvalue weighted by atomic mass is 10.2. The van der Waals surface area contributed by atoms with Gasteiger partial charge in [-0.25, -0.2) is 13.4 Å². The molecule has 0 aliphatic carbocycles. The molecule has 0 radical (unpaired) electrons. The smallest absolute Gasteiger partial charge is 0.387 e. The van der Waals surface area contributed by atoms with Gasteiger partial charge in [-0.05, 0) is 38.5 Å². The average molecular weight is 517 g/mol. The highest BCUT2D eigenvalue weighted by Gasteiger charge is 2.40. The minimum absolute atomic E-state index is 0. The molecule has 1 aromatic rings. The monoisotopic (exact) mass is 517 g/mol. The van der Waals surface area contributed by atoms with Gasteiger partial charge in [0.05, 0.1) is 17.0 Å². The van der Waals surface area contributed by atoms with Crippen LogP contribution in [0.25, 0.3) is 0 Å². The number of aliphatic imine (C=N–C) groups is 1. The Morgan fingerprint density at radius 1 is 1.41 bits per heavy atom. The Morgan fingerprint density at radius 3 is 2.70 bits per heavy atom. The molecule has 154 valence electrons. The zero-order chi connectivity index (χ0) is 19.4. The van der Waals surface area contributed by atoms with Crippen molar-refractivity contribution in [2.45, 2.75) is 38.7 Å². The van der Waals surface area contributed by atoms with Crippen molar-refractivity contribution in [2.24, 2.45) is 4.99 Å². The van der Waals surface area contributed by atoms with E-state index in [2.05, 4.69) is 15.0 Å². The van der Waals surface area contributed by atoms with Gasteiger partial charge in [-0.15, -0.1) is 24.0 Å². The van der Waals surface area contributed by atoms with Crippen LogP contribution in [-0.4, -0.2) is 56.0 Å². The Kier molecular flexibility index (Phi) is 8.71. The van der Waals surface area contributed by atoms with Crippen molar-refractivity contribution in [3.8, 4) is 5.75 Å². The summed E-state index contributed by atoms with van der Waals surface area (Å²) in [6, 6.07) is 6.38. The van der Waals surface area contributed by atoms with E-state index in [-0.39, 0.29) is 42.0 Å². The molecule has 1 N–H and O–H groups in total. The van der Waals surface area contributed by atoms with Crippen LogP contribution in [0.1, 0.15) is 26.3 Å². The quantitative estimate of drug-likeness (QED) is 0.370. The topological polar surface area (TPSA) is 71.0 Å². The van der Waals surface area contributed by atoms with E-state index in [4.69, 9.17) is 0 Å². The first-order valence-electron chi connectivity index (χ1n) is 8.44. The third-order valence-electron chi connectivity index (χ3n) is 4.21. The zero-order valence-electron chi connectivity index (χ0n) is 15.6. The van der Waals surface area contributed by atoms with Gasteiger partial charge in [-0.3, -0.25) is 0 Å². The van der Waals surface area contributed by atoms with E-state index in [0.29, 0.717) is 25.6 Å². The largest absolute Gasteiger partial charge is 0.435 e. The van der Waals surface area contributed by atoms with Crippen LogP contribution in [0.3, 0.4) is 0 Å². The van der Waals surface area contributed by atoms with Gasteiger partial charge in [0.25, 0.3) is 0 Å². The lowest BCUT2D eigenvalue weighted by Gasteiger charge is -2.39. The van der Waals surface area contributed by atoms with Gasteiger partial charge in [-0.1, -0.05) is 12.1 Å². The number of rotatable bonds is 5. The van der Waals surface area contributed by atoms with Crippen molar-refractivity contribution >= 4 is 39.8 Å². The standard InChI is InChI=1S/C17H25F2N3O3S.HI/c1-4-20-16(22-8-9-26(23,24)17(2,3)12-22)21-11-13-6-5-7-14(10-13)25-15(18)19;/h5-7,10,15H,4,8-9,11-12H2,1-3H3,(H,20,21);1H. The summed E-state index contributed by atoms with van der Waals surface area (Å²) in [5.41, 5.74) is 0.724. The molecule has 27 heavy (non-hydrogen) atoms. The Hall–Kier alpha value is -1.17. The fourth-order valence-corrected chi connectivity index (χ4v) is 4.10. The maximum absolute atomic E-state index is 12.3. The van der Waals surface area contributed by atoms with Crippen LogP contribution in [0, 0.1) is 0 Å². The molecule has 1 saturated heterocycles. The van der Waals surface area contributed by atoms with Crippen LogP contribution in [0.2, 0.25) is 0 Å². The number of alkyl halides is 2. The Morgan fingerprint density at radius 2 is 2.11 bits per heavy atom. The van der Waals surface area contributed by atoms with Gasteiger partial charge < -0.3 is 15.0 Å². The van der Waals surface area contributed by atoms with Crippen molar-refractivity contribution in [3.63, 3.8) is 0 Å². The summed E-state index contributed by atoms with van der Waals surface area (Å²) in [6.07, 6.45) is 0. The first kappa shape index (κ1) is 23.9. The van der Waals surface area contributed by atoms with Crippen LogP contribution in [-0.2, 0) is 16.4 Å². The van der Waals surface area contributed by atoms with Gasteiger partial charge in [-0.2, -0.15) is 8.78 Å². The molecule has 0 saturated carbocycles. The molecule has 0 atom stereocenters. The molecule has 0 bridgehead atoms. The van der Waals surface area contributed by atoms with E-state index in [1.54, 1.807) is 26.0 Å². The van der Waals surface area contributed by atoms with Gasteiger partial charge in [0, 0.05) is 19.6 Å². The lowest BCUT2D eigenvalue weighted by Crippen LogP contribution is -2.57. The average Bonchev–Trinajstić information content (AvgIpc) is 2.54. The molecule has 1 heterocycles. The summed E-state index contributed by atoms with van der Waals surface area (Å²) < 4.78 is 52.5. The minimum Gasteiger partial charge on any atom is -0.435 e. The number of sulfone groups is 1. The summed E-state index contributed by atoms with van der Waals surface area (Å²) in [4.78, 5) is 6.46. The summed E-state index contributed by atoms with van der Waals surface area (Å²) in [5.74, 6) is 0.765. The molecular formula is C17H26F2IN3O3S. The molecule has 1 aliphatic heterocycles. The van der Waals surface area contributed by atoms with Crippen LogP contribution >= 0.6 is 24.0 Å². The Bertz CT molecular complexity index is 758. The molecule has 2 rings (SSSR count). The highest BCUT2D eigenvalue weighted by molar-refractivity contribution is 14.0. The molecule has 6 nitrogen and oxygen atoms in total. The third-order valence-corrected chi connectivity index (χ3v) is 6.75. The molecule has 1 aliphatic rings. The normalized spacial score (nSPS) is 18.7. The second-order valence-corrected chi connectivity index (χ2v) is 9.44. The predicted molar refractivity (Wildman–Crippen MR) is 113 cm³/mol. The SMILES string of the molecule is CCNC(=NCc1cccc(OC(F)F)c1)N1CCS(=O)(=O)C(C)(C)C1.I.